The third-order valence-corrected chi connectivity index (χ3v) is 3.39. The number of para-hydroxylation sites is 1. The summed E-state index contributed by atoms with van der Waals surface area (Å²) in [7, 11) is 1.55. The van der Waals surface area contributed by atoms with E-state index in [1.54, 1.807) is 13.2 Å². The molecule has 0 radical (unpaired) electrons. The molecule has 0 N–H and O–H groups in total. The van der Waals surface area contributed by atoms with Crippen LogP contribution in [-0.2, 0) is 6.42 Å². The molecule has 0 saturated heterocycles. The molecule has 0 saturated carbocycles. The zero-order chi connectivity index (χ0) is 13.2. The van der Waals surface area contributed by atoms with E-state index in [2.05, 4.69) is 6.07 Å². The van der Waals surface area contributed by atoms with Crippen LogP contribution >= 0.6 is 0 Å². The third kappa shape index (κ3) is 2.16. The van der Waals surface area contributed by atoms with Crippen LogP contribution in [0.3, 0.4) is 0 Å². The molecule has 2 aromatic rings. The molecule has 2 aromatic carbocycles. The van der Waals surface area contributed by atoms with E-state index in [-0.39, 0.29) is 5.82 Å². The molecule has 0 aromatic heterocycles. The van der Waals surface area contributed by atoms with E-state index in [0.717, 1.165) is 36.3 Å². The lowest BCUT2D eigenvalue weighted by Gasteiger charge is -2.21. The molecule has 1 aliphatic rings. The highest BCUT2D eigenvalue weighted by Gasteiger charge is 2.18. The first-order valence-electron chi connectivity index (χ1n) is 6.38. The van der Waals surface area contributed by atoms with Gasteiger partial charge in [-0.25, -0.2) is 4.39 Å². The molecule has 0 atom stereocenters. The number of benzene rings is 2. The van der Waals surface area contributed by atoms with Crippen molar-refractivity contribution in [2.24, 2.45) is 0 Å². The van der Waals surface area contributed by atoms with Crippen LogP contribution in [0.15, 0.2) is 36.4 Å². The van der Waals surface area contributed by atoms with Gasteiger partial charge < -0.3 is 9.47 Å². The predicted molar refractivity (Wildman–Crippen MR) is 72.2 cm³/mol. The first-order valence-corrected chi connectivity index (χ1v) is 6.38. The lowest BCUT2D eigenvalue weighted by atomic mass is 9.97. The summed E-state index contributed by atoms with van der Waals surface area (Å²) in [4.78, 5) is 0. The molecule has 19 heavy (non-hydrogen) atoms. The van der Waals surface area contributed by atoms with Crippen molar-refractivity contribution in [3.05, 3.63) is 47.8 Å². The Balaban J connectivity index is 2.17. The fourth-order valence-corrected chi connectivity index (χ4v) is 2.49. The molecule has 0 fully saturated rings. The second-order valence-electron chi connectivity index (χ2n) is 4.59. The molecular formula is C16H15FO2. The van der Waals surface area contributed by atoms with Gasteiger partial charge in [0.1, 0.15) is 17.3 Å². The Hall–Kier alpha value is -2.03. The van der Waals surface area contributed by atoms with E-state index < -0.39 is 0 Å². The lowest BCUT2D eigenvalue weighted by Crippen LogP contribution is -2.09. The summed E-state index contributed by atoms with van der Waals surface area (Å²) in [6.45, 7) is 0.730. The van der Waals surface area contributed by atoms with E-state index in [4.69, 9.17) is 9.47 Å². The molecular weight excluding hydrogens is 243 g/mol. The summed E-state index contributed by atoms with van der Waals surface area (Å²) in [6, 6.07) is 10.7. The molecule has 0 amide bonds. The maximum absolute atomic E-state index is 13.3. The van der Waals surface area contributed by atoms with Crippen LogP contribution in [-0.4, -0.2) is 13.7 Å². The average molecular weight is 258 g/mol. The Labute approximate surface area is 111 Å². The number of rotatable bonds is 2. The molecule has 0 aliphatic carbocycles. The number of halogens is 1. The normalized spacial score (nSPS) is 13.6. The SMILES string of the molecule is COc1cc(F)ccc1-c1cccc2c1OCCC2. The number of methoxy groups -OCH3 is 1. The van der Waals surface area contributed by atoms with Crippen molar-refractivity contribution >= 4 is 0 Å². The van der Waals surface area contributed by atoms with E-state index in [1.165, 1.54) is 17.7 Å². The van der Waals surface area contributed by atoms with Crippen LogP contribution < -0.4 is 9.47 Å². The number of ether oxygens (including phenoxy) is 2. The summed E-state index contributed by atoms with van der Waals surface area (Å²) < 4.78 is 24.3. The fourth-order valence-electron chi connectivity index (χ4n) is 2.49. The van der Waals surface area contributed by atoms with Gasteiger partial charge in [0.15, 0.2) is 0 Å². The summed E-state index contributed by atoms with van der Waals surface area (Å²) >= 11 is 0. The maximum Gasteiger partial charge on any atom is 0.130 e. The minimum atomic E-state index is -0.300. The third-order valence-electron chi connectivity index (χ3n) is 3.39. The zero-order valence-corrected chi connectivity index (χ0v) is 10.8. The molecule has 1 aliphatic heterocycles. The smallest absolute Gasteiger partial charge is 0.130 e. The van der Waals surface area contributed by atoms with Gasteiger partial charge in [-0.2, -0.15) is 0 Å². The number of hydrogen-bond donors (Lipinski definition) is 0. The van der Waals surface area contributed by atoms with E-state index >= 15 is 0 Å². The van der Waals surface area contributed by atoms with Crippen molar-refractivity contribution < 1.29 is 13.9 Å². The second-order valence-corrected chi connectivity index (χ2v) is 4.59. The molecule has 0 bridgehead atoms. The summed E-state index contributed by atoms with van der Waals surface area (Å²) in [5, 5.41) is 0. The lowest BCUT2D eigenvalue weighted by molar-refractivity contribution is 0.289. The van der Waals surface area contributed by atoms with Crippen LogP contribution in [0, 0.1) is 5.82 Å². The van der Waals surface area contributed by atoms with Crippen molar-refractivity contribution in [3.8, 4) is 22.6 Å². The van der Waals surface area contributed by atoms with E-state index in [1.807, 2.05) is 12.1 Å². The minimum Gasteiger partial charge on any atom is -0.496 e. The number of hydrogen-bond acceptors (Lipinski definition) is 2. The predicted octanol–water partition coefficient (Wildman–Crippen LogP) is 3.83. The van der Waals surface area contributed by atoms with Crippen LogP contribution in [0.1, 0.15) is 12.0 Å². The summed E-state index contributed by atoms with van der Waals surface area (Å²) in [5.41, 5.74) is 3.03. The van der Waals surface area contributed by atoms with E-state index in [0.29, 0.717) is 5.75 Å². The minimum absolute atomic E-state index is 0.300. The highest BCUT2D eigenvalue weighted by Crippen LogP contribution is 2.40. The van der Waals surface area contributed by atoms with Gasteiger partial charge in [0.2, 0.25) is 0 Å². The quantitative estimate of drug-likeness (QED) is 0.815. The Bertz CT molecular complexity index is 608. The van der Waals surface area contributed by atoms with Gasteiger partial charge in [0, 0.05) is 17.2 Å². The highest BCUT2D eigenvalue weighted by molar-refractivity contribution is 5.77. The van der Waals surface area contributed by atoms with Crippen molar-refractivity contribution in [1.82, 2.24) is 0 Å². The van der Waals surface area contributed by atoms with Crippen LogP contribution in [0.4, 0.5) is 4.39 Å². The van der Waals surface area contributed by atoms with Gasteiger partial charge >= 0.3 is 0 Å². The average Bonchev–Trinajstić information content (AvgIpc) is 2.46. The van der Waals surface area contributed by atoms with Gasteiger partial charge in [-0.15, -0.1) is 0 Å². The zero-order valence-electron chi connectivity index (χ0n) is 10.8. The van der Waals surface area contributed by atoms with Gasteiger partial charge in [-0.05, 0) is 30.5 Å². The molecule has 2 nitrogen and oxygen atoms in total. The first-order chi connectivity index (χ1) is 9.29. The first kappa shape index (κ1) is 12.0. The maximum atomic E-state index is 13.3. The van der Waals surface area contributed by atoms with Gasteiger partial charge in [-0.3, -0.25) is 0 Å². The fraction of sp³-hybridized carbons (Fsp3) is 0.250. The molecule has 3 heteroatoms. The highest BCUT2D eigenvalue weighted by atomic mass is 19.1. The van der Waals surface area contributed by atoms with Gasteiger partial charge in [-0.1, -0.05) is 18.2 Å². The molecule has 0 unspecified atom stereocenters. The van der Waals surface area contributed by atoms with Crippen molar-refractivity contribution in [2.75, 3.05) is 13.7 Å². The van der Waals surface area contributed by atoms with E-state index in [9.17, 15) is 4.39 Å². The Morgan fingerprint density at radius 1 is 1.16 bits per heavy atom. The van der Waals surface area contributed by atoms with Gasteiger partial charge in [0.25, 0.3) is 0 Å². The van der Waals surface area contributed by atoms with Crippen molar-refractivity contribution in [1.29, 1.82) is 0 Å². The van der Waals surface area contributed by atoms with Gasteiger partial charge in [0.05, 0.1) is 13.7 Å². The topological polar surface area (TPSA) is 18.5 Å². The second kappa shape index (κ2) is 4.92. The number of aryl methyl sites for hydroxylation is 1. The monoisotopic (exact) mass is 258 g/mol. The van der Waals surface area contributed by atoms with Crippen LogP contribution in [0.25, 0.3) is 11.1 Å². The largest absolute Gasteiger partial charge is 0.496 e. The molecule has 1 heterocycles. The van der Waals surface area contributed by atoms with Crippen molar-refractivity contribution in [2.45, 2.75) is 12.8 Å². The summed E-state index contributed by atoms with van der Waals surface area (Å²) in [5.74, 6) is 1.13. The molecule has 0 spiro atoms. The Morgan fingerprint density at radius 2 is 2.05 bits per heavy atom. The molecule has 98 valence electrons. The van der Waals surface area contributed by atoms with Crippen LogP contribution in [0.2, 0.25) is 0 Å². The van der Waals surface area contributed by atoms with Crippen LogP contribution in [0.5, 0.6) is 11.5 Å². The molecule has 3 rings (SSSR count). The van der Waals surface area contributed by atoms with Crippen molar-refractivity contribution in [3.63, 3.8) is 0 Å². The number of fused-ring (bicyclic) bond motifs is 1. The summed E-state index contributed by atoms with van der Waals surface area (Å²) in [6.07, 6.45) is 2.06. The Kier molecular flexibility index (Phi) is 3.11. The Morgan fingerprint density at radius 3 is 2.89 bits per heavy atom. The standard InChI is InChI=1S/C16H15FO2/c1-18-15-10-12(17)7-8-13(15)14-6-2-4-11-5-3-9-19-16(11)14/h2,4,6-8,10H,3,5,9H2,1H3.